The molecule has 2 unspecified atom stereocenters. The van der Waals surface area contributed by atoms with E-state index in [9.17, 15) is 0 Å². The Morgan fingerprint density at radius 3 is 2.38 bits per heavy atom. The van der Waals surface area contributed by atoms with Crippen LogP contribution in [0.2, 0.25) is 0 Å². The molecule has 1 saturated heterocycles. The first-order chi connectivity index (χ1) is 9.97. The van der Waals surface area contributed by atoms with Crippen molar-refractivity contribution in [1.82, 2.24) is 15.3 Å². The van der Waals surface area contributed by atoms with Crippen LogP contribution in [0.5, 0.6) is 0 Å². The predicted octanol–water partition coefficient (Wildman–Crippen LogP) is 2.77. The SMILES string of the molecule is Cc1nc(C2CCOC2)nc(C)c1CC(C)CNC(C)C. The van der Waals surface area contributed by atoms with Crippen LogP contribution in [-0.2, 0) is 11.2 Å². The molecule has 4 nitrogen and oxygen atoms in total. The zero-order chi connectivity index (χ0) is 15.4. The van der Waals surface area contributed by atoms with Crippen LogP contribution in [0.15, 0.2) is 0 Å². The maximum atomic E-state index is 5.45. The van der Waals surface area contributed by atoms with E-state index in [2.05, 4.69) is 39.9 Å². The zero-order valence-electron chi connectivity index (χ0n) is 14.1. The highest BCUT2D eigenvalue weighted by Crippen LogP contribution is 2.24. The highest BCUT2D eigenvalue weighted by molar-refractivity contribution is 5.26. The molecule has 21 heavy (non-hydrogen) atoms. The lowest BCUT2D eigenvalue weighted by Gasteiger charge is -2.18. The second kappa shape index (κ2) is 7.32. The van der Waals surface area contributed by atoms with Gasteiger partial charge in [0.2, 0.25) is 0 Å². The summed E-state index contributed by atoms with van der Waals surface area (Å²) in [7, 11) is 0. The molecular formula is C17H29N3O. The summed E-state index contributed by atoms with van der Waals surface area (Å²) in [5, 5.41) is 3.50. The van der Waals surface area contributed by atoms with Crippen LogP contribution >= 0.6 is 0 Å². The third-order valence-corrected chi connectivity index (χ3v) is 4.16. The number of nitrogens with one attached hydrogen (secondary N) is 1. The number of aromatic nitrogens is 2. The van der Waals surface area contributed by atoms with Gasteiger partial charge in [0.25, 0.3) is 0 Å². The van der Waals surface area contributed by atoms with Crippen molar-refractivity contribution < 1.29 is 4.74 Å². The Morgan fingerprint density at radius 2 is 1.86 bits per heavy atom. The van der Waals surface area contributed by atoms with Gasteiger partial charge in [-0.05, 0) is 44.7 Å². The van der Waals surface area contributed by atoms with E-state index in [1.807, 2.05) is 0 Å². The van der Waals surface area contributed by atoms with Gasteiger partial charge in [0.15, 0.2) is 0 Å². The third-order valence-electron chi connectivity index (χ3n) is 4.16. The van der Waals surface area contributed by atoms with E-state index in [0.29, 0.717) is 17.9 Å². The molecule has 0 aliphatic carbocycles. The Bertz CT molecular complexity index is 444. The minimum Gasteiger partial charge on any atom is -0.381 e. The molecule has 1 N–H and O–H groups in total. The minimum absolute atomic E-state index is 0.386. The van der Waals surface area contributed by atoms with E-state index >= 15 is 0 Å². The Hall–Kier alpha value is -1.00. The van der Waals surface area contributed by atoms with Gasteiger partial charge < -0.3 is 10.1 Å². The van der Waals surface area contributed by atoms with Crippen molar-refractivity contribution in [3.8, 4) is 0 Å². The number of aryl methyl sites for hydroxylation is 2. The van der Waals surface area contributed by atoms with Crippen LogP contribution in [-0.4, -0.2) is 35.8 Å². The molecule has 4 heteroatoms. The number of ether oxygens (including phenoxy) is 1. The van der Waals surface area contributed by atoms with E-state index in [0.717, 1.165) is 49.8 Å². The zero-order valence-corrected chi connectivity index (χ0v) is 14.1. The maximum Gasteiger partial charge on any atom is 0.134 e. The second-order valence-electron chi connectivity index (χ2n) is 6.66. The van der Waals surface area contributed by atoms with Crippen molar-refractivity contribution in [3.63, 3.8) is 0 Å². The Morgan fingerprint density at radius 1 is 1.19 bits per heavy atom. The first kappa shape index (κ1) is 16.4. The third kappa shape index (κ3) is 4.48. The number of hydrogen-bond donors (Lipinski definition) is 1. The summed E-state index contributed by atoms with van der Waals surface area (Å²) in [5.41, 5.74) is 3.59. The molecule has 1 aromatic heterocycles. The van der Waals surface area contributed by atoms with Gasteiger partial charge in [-0.25, -0.2) is 9.97 Å². The van der Waals surface area contributed by atoms with Crippen LogP contribution in [0.1, 0.15) is 55.9 Å². The summed E-state index contributed by atoms with van der Waals surface area (Å²) in [6.45, 7) is 13.5. The van der Waals surface area contributed by atoms with E-state index < -0.39 is 0 Å². The van der Waals surface area contributed by atoms with Crippen LogP contribution < -0.4 is 5.32 Å². The quantitative estimate of drug-likeness (QED) is 0.875. The number of nitrogens with zero attached hydrogens (tertiary/aromatic N) is 2. The fourth-order valence-electron chi connectivity index (χ4n) is 2.84. The van der Waals surface area contributed by atoms with Gasteiger partial charge in [-0.1, -0.05) is 20.8 Å². The Balaban J connectivity index is 2.06. The van der Waals surface area contributed by atoms with Gasteiger partial charge in [0.05, 0.1) is 6.61 Å². The van der Waals surface area contributed by atoms with Gasteiger partial charge >= 0.3 is 0 Å². The molecule has 1 aliphatic rings. The number of rotatable bonds is 6. The monoisotopic (exact) mass is 291 g/mol. The van der Waals surface area contributed by atoms with Crippen molar-refractivity contribution in [1.29, 1.82) is 0 Å². The van der Waals surface area contributed by atoms with Crippen molar-refractivity contribution in [2.24, 2.45) is 5.92 Å². The highest BCUT2D eigenvalue weighted by Gasteiger charge is 2.22. The smallest absolute Gasteiger partial charge is 0.134 e. The van der Waals surface area contributed by atoms with Crippen LogP contribution in [0.25, 0.3) is 0 Å². The molecule has 0 spiro atoms. The molecule has 2 atom stereocenters. The molecule has 118 valence electrons. The van der Waals surface area contributed by atoms with Crippen LogP contribution in [0.3, 0.4) is 0 Å². The van der Waals surface area contributed by atoms with Crippen molar-refractivity contribution >= 4 is 0 Å². The summed E-state index contributed by atoms with van der Waals surface area (Å²) in [5.74, 6) is 1.95. The van der Waals surface area contributed by atoms with Gasteiger partial charge in [-0.2, -0.15) is 0 Å². The molecule has 1 aromatic rings. The molecule has 1 fully saturated rings. The molecule has 0 aromatic carbocycles. The first-order valence-electron chi connectivity index (χ1n) is 8.12. The molecule has 0 radical (unpaired) electrons. The molecule has 1 aliphatic heterocycles. The van der Waals surface area contributed by atoms with E-state index in [1.165, 1.54) is 5.56 Å². The summed E-state index contributed by atoms with van der Waals surface area (Å²) in [6.07, 6.45) is 2.09. The predicted molar refractivity (Wildman–Crippen MR) is 85.7 cm³/mol. The van der Waals surface area contributed by atoms with Gasteiger partial charge in [0.1, 0.15) is 5.82 Å². The molecule has 0 saturated carbocycles. The second-order valence-corrected chi connectivity index (χ2v) is 6.66. The van der Waals surface area contributed by atoms with E-state index in [1.54, 1.807) is 0 Å². The minimum atomic E-state index is 0.386. The topological polar surface area (TPSA) is 47.0 Å². The normalized spacial score (nSPS) is 20.2. The van der Waals surface area contributed by atoms with Crippen molar-refractivity contribution in [2.75, 3.05) is 19.8 Å². The molecule has 0 bridgehead atoms. The Labute approximate surface area is 128 Å². The van der Waals surface area contributed by atoms with E-state index in [-0.39, 0.29) is 0 Å². The molecule has 2 rings (SSSR count). The fourth-order valence-corrected chi connectivity index (χ4v) is 2.84. The lowest BCUT2D eigenvalue weighted by Crippen LogP contribution is -2.29. The Kier molecular flexibility index (Phi) is 5.71. The average molecular weight is 291 g/mol. The standard InChI is InChI=1S/C17H29N3O/c1-11(2)18-9-12(3)8-16-13(4)19-17(20-14(16)5)15-6-7-21-10-15/h11-12,15,18H,6-10H2,1-5H3. The lowest BCUT2D eigenvalue weighted by atomic mass is 9.98. The largest absolute Gasteiger partial charge is 0.381 e. The molecule has 2 heterocycles. The van der Waals surface area contributed by atoms with Gasteiger partial charge in [-0.3, -0.25) is 0 Å². The summed E-state index contributed by atoms with van der Waals surface area (Å²) < 4.78 is 5.45. The molecule has 0 amide bonds. The van der Waals surface area contributed by atoms with Gasteiger partial charge in [0, 0.05) is 30.0 Å². The van der Waals surface area contributed by atoms with Crippen molar-refractivity contribution in [2.45, 2.75) is 59.4 Å². The summed E-state index contributed by atoms with van der Waals surface area (Å²) in [6, 6.07) is 0.538. The first-order valence-corrected chi connectivity index (χ1v) is 8.12. The van der Waals surface area contributed by atoms with Crippen LogP contribution in [0.4, 0.5) is 0 Å². The van der Waals surface area contributed by atoms with Gasteiger partial charge in [-0.15, -0.1) is 0 Å². The summed E-state index contributed by atoms with van der Waals surface area (Å²) >= 11 is 0. The molecular weight excluding hydrogens is 262 g/mol. The van der Waals surface area contributed by atoms with E-state index in [4.69, 9.17) is 14.7 Å². The lowest BCUT2D eigenvalue weighted by molar-refractivity contribution is 0.193. The average Bonchev–Trinajstić information content (AvgIpc) is 2.94. The fraction of sp³-hybridized carbons (Fsp3) is 0.765. The van der Waals surface area contributed by atoms with Crippen LogP contribution in [0, 0.1) is 19.8 Å². The highest BCUT2D eigenvalue weighted by atomic mass is 16.5. The number of hydrogen-bond acceptors (Lipinski definition) is 4. The summed E-state index contributed by atoms with van der Waals surface area (Å²) in [4.78, 5) is 9.51. The maximum absolute atomic E-state index is 5.45. The van der Waals surface area contributed by atoms with Crippen molar-refractivity contribution in [3.05, 3.63) is 22.8 Å².